The van der Waals surface area contributed by atoms with Crippen molar-refractivity contribution in [2.75, 3.05) is 18.0 Å². The van der Waals surface area contributed by atoms with Crippen molar-refractivity contribution >= 4 is 16.5 Å². The number of hydrogen-bond acceptors (Lipinski definition) is 7. The van der Waals surface area contributed by atoms with Crippen molar-refractivity contribution in [2.45, 2.75) is 19.9 Å². The second kappa shape index (κ2) is 9.31. The molecule has 1 saturated heterocycles. The summed E-state index contributed by atoms with van der Waals surface area (Å²) >= 11 is 1.42. The second-order valence-corrected chi connectivity index (χ2v) is 9.12. The van der Waals surface area contributed by atoms with Crippen molar-refractivity contribution in [1.82, 2.24) is 19.3 Å². The summed E-state index contributed by atoms with van der Waals surface area (Å²) in [5, 5.41) is 14.7. The van der Waals surface area contributed by atoms with Gasteiger partial charge < -0.3 is 9.64 Å². The summed E-state index contributed by atoms with van der Waals surface area (Å²) in [7, 11) is 0. The molecule has 0 N–H and O–H groups in total. The van der Waals surface area contributed by atoms with Crippen LogP contribution in [-0.2, 0) is 6.54 Å². The average Bonchev–Trinajstić information content (AvgIpc) is 3.56. The third kappa shape index (κ3) is 4.52. The number of anilines is 1. The van der Waals surface area contributed by atoms with Crippen LogP contribution in [0.2, 0.25) is 0 Å². The minimum Gasteiger partial charge on any atom is -0.445 e. The van der Waals surface area contributed by atoms with Gasteiger partial charge >= 0.3 is 5.69 Å². The van der Waals surface area contributed by atoms with E-state index in [1.807, 2.05) is 6.92 Å². The molecule has 35 heavy (non-hydrogen) atoms. The molecule has 178 valence electrons. The number of nitriles is 1. The van der Waals surface area contributed by atoms with Crippen LogP contribution in [0, 0.1) is 35.8 Å². The van der Waals surface area contributed by atoms with Crippen LogP contribution in [0.5, 0.6) is 10.8 Å². The maximum absolute atomic E-state index is 14.0. The molecule has 0 saturated carbocycles. The Bertz CT molecular complexity index is 1450. The molecule has 1 atom stereocenters. The van der Waals surface area contributed by atoms with Gasteiger partial charge in [-0.05, 0) is 49.7 Å². The van der Waals surface area contributed by atoms with E-state index in [0.717, 1.165) is 45.2 Å². The van der Waals surface area contributed by atoms with Crippen LogP contribution in [0.1, 0.15) is 17.7 Å². The van der Waals surface area contributed by atoms with E-state index in [9.17, 15) is 13.6 Å². The van der Waals surface area contributed by atoms with Gasteiger partial charge in [0.05, 0.1) is 29.9 Å². The lowest BCUT2D eigenvalue weighted by Crippen LogP contribution is -2.24. The number of thiazole rings is 1. The monoisotopic (exact) mass is 494 g/mol. The lowest BCUT2D eigenvalue weighted by atomic mass is 10.1. The van der Waals surface area contributed by atoms with Crippen LogP contribution < -0.4 is 15.3 Å². The zero-order valence-electron chi connectivity index (χ0n) is 18.7. The van der Waals surface area contributed by atoms with Crippen LogP contribution >= 0.6 is 11.3 Å². The van der Waals surface area contributed by atoms with Crippen molar-refractivity contribution in [3.8, 4) is 22.6 Å². The predicted molar refractivity (Wildman–Crippen MR) is 126 cm³/mol. The molecule has 1 unspecified atom stereocenters. The lowest BCUT2D eigenvalue weighted by molar-refractivity contribution is 0.491. The van der Waals surface area contributed by atoms with Crippen LogP contribution in [0.4, 0.5) is 13.9 Å². The Hall–Kier alpha value is -4.04. The van der Waals surface area contributed by atoms with Crippen molar-refractivity contribution in [2.24, 2.45) is 5.92 Å². The van der Waals surface area contributed by atoms with E-state index >= 15 is 0 Å². The summed E-state index contributed by atoms with van der Waals surface area (Å²) in [5.74, 6) is -0.859. The zero-order chi connectivity index (χ0) is 24.5. The lowest BCUT2D eigenvalue weighted by Gasteiger charge is -2.12. The molecule has 5 rings (SSSR count). The summed E-state index contributed by atoms with van der Waals surface area (Å²) in [6, 6.07) is 12.6. The van der Waals surface area contributed by atoms with Crippen LogP contribution in [0.3, 0.4) is 0 Å². The van der Waals surface area contributed by atoms with E-state index < -0.39 is 17.3 Å². The molecule has 1 aliphatic heterocycles. The highest BCUT2D eigenvalue weighted by Gasteiger charge is 2.25. The molecule has 1 aliphatic rings. The maximum atomic E-state index is 14.0. The van der Waals surface area contributed by atoms with Gasteiger partial charge in [-0.3, -0.25) is 4.57 Å². The number of benzene rings is 2. The molecule has 2 aromatic carbocycles. The van der Waals surface area contributed by atoms with E-state index in [1.165, 1.54) is 23.7 Å². The fraction of sp³-hybridized carbons (Fsp3) is 0.250. The Morgan fingerprint density at radius 2 is 1.94 bits per heavy atom. The van der Waals surface area contributed by atoms with Gasteiger partial charge in [0.2, 0.25) is 5.06 Å². The average molecular weight is 495 g/mol. The largest absolute Gasteiger partial charge is 0.445 e. The smallest absolute Gasteiger partial charge is 0.350 e. The quantitative estimate of drug-likeness (QED) is 0.398. The highest BCUT2D eigenvalue weighted by Crippen LogP contribution is 2.37. The predicted octanol–water partition coefficient (Wildman–Crippen LogP) is 4.27. The van der Waals surface area contributed by atoms with Gasteiger partial charge in [-0.2, -0.15) is 15.0 Å². The molecule has 0 amide bonds. The van der Waals surface area contributed by atoms with Crippen molar-refractivity contribution in [3.05, 3.63) is 82.2 Å². The Morgan fingerprint density at radius 1 is 1.20 bits per heavy atom. The fourth-order valence-corrected chi connectivity index (χ4v) is 4.85. The van der Waals surface area contributed by atoms with Crippen molar-refractivity contribution in [3.63, 3.8) is 0 Å². The maximum Gasteiger partial charge on any atom is 0.350 e. The van der Waals surface area contributed by atoms with Gasteiger partial charge in [-0.25, -0.2) is 18.6 Å². The minimum atomic E-state index is -0.720. The van der Waals surface area contributed by atoms with Gasteiger partial charge in [0.1, 0.15) is 23.7 Å². The third-order valence-electron chi connectivity index (χ3n) is 5.80. The van der Waals surface area contributed by atoms with Crippen molar-refractivity contribution in [1.29, 1.82) is 5.26 Å². The summed E-state index contributed by atoms with van der Waals surface area (Å²) < 4.78 is 36.2. The first kappa shape index (κ1) is 22.7. The highest BCUT2D eigenvalue weighted by molar-refractivity contribution is 7.17. The molecule has 0 spiro atoms. The zero-order valence-corrected chi connectivity index (χ0v) is 19.5. The van der Waals surface area contributed by atoms with E-state index in [0.29, 0.717) is 23.0 Å². The van der Waals surface area contributed by atoms with Gasteiger partial charge in [-0.1, -0.05) is 17.4 Å². The molecule has 2 aromatic heterocycles. The Morgan fingerprint density at radius 3 is 2.63 bits per heavy atom. The first-order valence-corrected chi connectivity index (χ1v) is 11.7. The van der Waals surface area contributed by atoms with E-state index in [1.54, 1.807) is 24.3 Å². The molecule has 3 heterocycles. The van der Waals surface area contributed by atoms with Gasteiger partial charge in [0, 0.05) is 18.7 Å². The van der Waals surface area contributed by atoms with Gasteiger partial charge in [-0.15, -0.1) is 0 Å². The number of aryl methyl sites for hydroxylation is 1. The molecule has 0 bridgehead atoms. The topological polar surface area (TPSA) is 89.0 Å². The number of rotatable bonds is 6. The van der Waals surface area contributed by atoms with Gasteiger partial charge in [0.25, 0.3) is 0 Å². The molecule has 8 nitrogen and oxygen atoms in total. The number of halogens is 2. The summed E-state index contributed by atoms with van der Waals surface area (Å²) in [4.78, 5) is 19.4. The van der Waals surface area contributed by atoms with E-state index in [2.05, 4.69) is 21.1 Å². The summed E-state index contributed by atoms with van der Waals surface area (Å²) in [5.41, 5.74) is 0.515. The molecule has 11 heteroatoms. The number of ether oxygens (including phenoxy) is 1. The first-order valence-electron chi connectivity index (χ1n) is 10.9. The number of aromatic nitrogens is 4. The third-order valence-corrected chi connectivity index (χ3v) is 6.90. The highest BCUT2D eigenvalue weighted by atomic mass is 32.1. The summed E-state index contributed by atoms with van der Waals surface area (Å²) in [6.45, 7) is 3.07. The number of hydrogen-bond donors (Lipinski definition) is 0. The van der Waals surface area contributed by atoms with Crippen LogP contribution in [-0.4, -0.2) is 32.4 Å². The molecular formula is C24H20F2N6O2S. The fourth-order valence-electron chi connectivity index (χ4n) is 3.87. The minimum absolute atomic E-state index is 0.0220. The first-order chi connectivity index (χ1) is 16.9. The molecule has 0 aliphatic carbocycles. The standard InChI is InChI=1S/C24H20F2N6O2S/c1-15-22(35-23(29-15)30-10-9-16(11-27)12-30)34-18-7-5-17(6-8-18)32-24(33)31(14-28-32)13-19-20(25)3-2-4-21(19)26/h2-8,14,16H,9-10,12-13H2,1H3. The van der Waals surface area contributed by atoms with Crippen molar-refractivity contribution < 1.29 is 13.5 Å². The Kier molecular flexibility index (Phi) is 6.05. The van der Waals surface area contributed by atoms with Gasteiger partial charge in [0.15, 0.2) is 5.13 Å². The SMILES string of the molecule is Cc1nc(N2CCC(C#N)C2)sc1Oc1ccc(-n2ncn(Cc3c(F)cccc3F)c2=O)cc1. The van der Waals surface area contributed by atoms with E-state index in [4.69, 9.17) is 10.00 Å². The Balaban J connectivity index is 1.31. The summed E-state index contributed by atoms with van der Waals surface area (Å²) in [6.07, 6.45) is 2.08. The van der Waals surface area contributed by atoms with Crippen LogP contribution in [0.15, 0.2) is 53.6 Å². The molecule has 1 fully saturated rings. The molecule has 0 radical (unpaired) electrons. The van der Waals surface area contributed by atoms with E-state index in [-0.39, 0.29) is 18.0 Å². The number of nitrogens with zero attached hydrogens (tertiary/aromatic N) is 6. The normalized spacial score (nSPS) is 15.4. The second-order valence-electron chi connectivity index (χ2n) is 8.18. The molecule has 4 aromatic rings. The Labute approximate surface area is 203 Å². The van der Waals surface area contributed by atoms with Crippen LogP contribution in [0.25, 0.3) is 5.69 Å². The molecular weight excluding hydrogens is 474 g/mol.